The fraction of sp³-hybridized carbons (Fsp3) is 0.353. The van der Waals surface area contributed by atoms with E-state index in [1.165, 1.54) is 0 Å². The number of likely N-dealkylation sites (tertiary alicyclic amines) is 1. The van der Waals surface area contributed by atoms with E-state index in [0.717, 1.165) is 31.2 Å². The fourth-order valence-corrected chi connectivity index (χ4v) is 2.70. The molecule has 132 valence electrons. The number of piperidine rings is 1. The van der Waals surface area contributed by atoms with Gasteiger partial charge in [0.05, 0.1) is 12.1 Å². The zero-order valence-corrected chi connectivity index (χ0v) is 13.2. The van der Waals surface area contributed by atoms with Crippen LogP contribution in [0.1, 0.15) is 28.9 Å². The number of nitrogens with zero attached hydrogens (tertiary/aromatic N) is 3. The van der Waals surface area contributed by atoms with Crippen molar-refractivity contribution >= 4 is 5.91 Å². The summed E-state index contributed by atoms with van der Waals surface area (Å²) in [5.74, 6) is 0.328. The van der Waals surface area contributed by atoms with Crippen molar-refractivity contribution in [2.45, 2.75) is 25.1 Å². The second kappa shape index (κ2) is 7.08. The molecule has 3 rings (SSSR count). The minimum Gasteiger partial charge on any atom is -0.488 e. The molecule has 1 aliphatic heterocycles. The van der Waals surface area contributed by atoms with Crippen LogP contribution >= 0.6 is 0 Å². The van der Waals surface area contributed by atoms with Gasteiger partial charge < -0.3 is 9.64 Å². The Bertz CT molecular complexity index is 720. The molecule has 0 radical (unpaired) electrons. The highest BCUT2D eigenvalue weighted by Crippen LogP contribution is 2.27. The van der Waals surface area contributed by atoms with E-state index >= 15 is 0 Å². The normalized spacial score (nSPS) is 18.0. The molecule has 0 aliphatic carbocycles. The predicted molar refractivity (Wildman–Crippen MR) is 83.0 cm³/mol. The molecular weight excluding hydrogens is 335 g/mol. The molecule has 2 aromatic heterocycles. The summed E-state index contributed by atoms with van der Waals surface area (Å²) in [4.78, 5) is 21.3. The molecule has 1 aliphatic rings. The number of hydrogen-bond acceptors (Lipinski definition) is 4. The van der Waals surface area contributed by atoms with Crippen LogP contribution in [0.25, 0.3) is 0 Å². The Labute approximate surface area is 142 Å². The second-order valence-corrected chi connectivity index (χ2v) is 5.75. The Balaban J connectivity index is 1.65. The topological polar surface area (TPSA) is 55.3 Å². The van der Waals surface area contributed by atoms with Crippen LogP contribution in [0.5, 0.6) is 5.75 Å². The maximum absolute atomic E-state index is 12.6. The highest BCUT2D eigenvalue weighted by molar-refractivity contribution is 5.94. The van der Waals surface area contributed by atoms with Crippen LogP contribution in [0.15, 0.2) is 42.9 Å². The SMILES string of the molecule is O=C(c1ccc(C(F)(F)F)nc1)N1CCCC(Oc2ccncc2)C1. The summed E-state index contributed by atoms with van der Waals surface area (Å²) >= 11 is 0. The first-order valence-electron chi connectivity index (χ1n) is 7.83. The third kappa shape index (κ3) is 4.26. The van der Waals surface area contributed by atoms with Crippen LogP contribution in [-0.2, 0) is 6.18 Å². The molecule has 1 atom stereocenters. The van der Waals surface area contributed by atoms with Gasteiger partial charge in [0.2, 0.25) is 0 Å². The molecule has 1 saturated heterocycles. The van der Waals surface area contributed by atoms with Crippen molar-refractivity contribution in [2.75, 3.05) is 13.1 Å². The van der Waals surface area contributed by atoms with Gasteiger partial charge in [0.15, 0.2) is 0 Å². The van der Waals surface area contributed by atoms with Crippen molar-refractivity contribution in [1.82, 2.24) is 14.9 Å². The van der Waals surface area contributed by atoms with Crippen LogP contribution in [0.4, 0.5) is 13.2 Å². The Hall–Kier alpha value is -2.64. The summed E-state index contributed by atoms with van der Waals surface area (Å²) in [5, 5.41) is 0. The Morgan fingerprint density at radius 2 is 1.96 bits per heavy atom. The highest BCUT2D eigenvalue weighted by Gasteiger charge is 2.33. The molecule has 2 aromatic rings. The number of halogens is 3. The molecule has 0 N–H and O–H groups in total. The van der Waals surface area contributed by atoms with Crippen molar-refractivity contribution in [3.8, 4) is 5.75 Å². The average molecular weight is 351 g/mol. The van der Waals surface area contributed by atoms with Gasteiger partial charge in [-0.25, -0.2) is 0 Å². The molecule has 0 saturated carbocycles. The third-order valence-electron chi connectivity index (χ3n) is 3.92. The summed E-state index contributed by atoms with van der Waals surface area (Å²) in [7, 11) is 0. The number of alkyl halides is 3. The summed E-state index contributed by atoms with van der Waals surface area (Å²) in [5.41, 5.74) is -0.876. The Morgan fingerprint density at radius 1 is 1.20 bits per heavy atom. The second-order valence-electron chi connectivity index (χ2n) is 5.75. The van der Waals surface area contributed by atoms with Gasteiger partial charge in [0, 0.05) is 25.1 Å². The van der Waals surface area contributed by atoms with Gasteiger partial charge in [-0.2, -0.15) is 13.2 Å². The zero-order chi connectivity index (χ0) is 17.9. The lowest BCUT2D eigenvalue weighted by Crippen LogP contribution is -2.44. The first kappa shape index (κ1) is 17.2. The fourth-order valence-electron chi connectivity index (χ4n) is 2.70. The summed E-state index contributed by atoms with van der Waals surface area (Å²) in [6, 6.07) is 5.45. The third-order valence-corrected chi connectivity index (χ3v) is 3.92. The molecule has 5 nitrogen and oxygen atoms in total. The first-order valence-corrected chi connectivity index (χ1v) is 7.83. The number of aromatic nitrogens is 2. The number of rotatable bonds is 3. The van der Waals surface area contributed by atoms with E-state index < -0.39 is 11.9 Å². The summed E-state index contributed by atoms with van der Waals surface area (Å²) in [6.45, 7) is 0.915. The molecule has 1 unspecified atom stereocenters. The maximum Gasteiger partial charge on any atom is 0.433 e. The Kier molecular flexibility index (Phi) is 4.87. The van der Waals surface area contributed by atoms with Gasteiger partial charge in [-0.1, -0.05) is 0 Å². The molecule has 0 bridgehead atoms. The number of ether oxygens (including phenoxy) is 1. The number of pyridine rings is 2. The van der Waals surface area contributed by atoms with Crippen molar-refractivity contribution in [1.29, 1.82) is 0 Å². The molecule has 1 fully saturated rings. The van der Waals surface area contributed by atoms with Gasteiger partial charge in [-0.3, -0.25) is 14.8 Å². The van der Waals surface area contributed by atoms with Crippen LogP contribution in [-0.4, -0.2) is 40.0 Å². The van der Waals surface area contributed by atoms with Gasteiger partial charge in [0.1, 0.15) is 17.5 Å². The quantitative estimate of drug-likeness (QED) is 0.852. The maximum atomic E-state index is 12.6. The lowest BCUT2D eigenvalue weighted by molar-refractivity contribution is -0.141. The van der Waals surface area contributed by atoms with Crippen molar-refractivity contribution in [3.05, 3.63) is 54.1 Å². The van der Waals surface area contributed by atoms with E-state index in [1.807, 2.05) is 0 Å². The standard InChI is InChI=1S/C17H16F3N3O2/c18-17(19,20)15-4-3-12(10-22-15)16(24)23-9-1-2-14(11-23)25-13-5-7-21-8-6-13/h3-8,10,14H,1-2,9,11H2. The zero-order valence-electron chi connectivity index (χ0n) is 13.2. The monoisotopic (exact) mass is 351 g/mol. The predicted octanol–water partition coefficient (Wildman–Crippen LogP) is 3.18. The van der Waals surface area contributed by atoms with E-state index in [2.05, 4.69) is 9.97 Å². The van der Waals surface area contributed by atoms with E-state index in [0.29, 0.717) is 18.8 Å². The lowest BCUT2D eigenvalue weighted by Gasteiger charge is -2.33. The average Bonchev–Trinajstić information content (AvgIpc) is 2.61. The van der Waals surface area contributed by atoms with Gasteiger partial charge in [-0.05, 0) is 37.1 Å². The van der Waals surface area contributed by atoms with Crippen LogP contribution < -0.4 is 4.74 Å². The van der Waals surface area contributed by atoms with Gasteiger partial charge in [-0.15, -0.1) is 0 Å². The Morgan fingerprint density at radius 3 is 2.60 bits per heavy atom. The number of amides is 1. The number of hydrogen-bond donors (Lipinski definition) is 0. The van der Waals surface area contributed by atoms with Crippen LogP contribution in [0.3, 0.4) is 0 Å². The number of carbonyl (C=O) groups is 1. The molecule has 0 spiro atoms. The van der Waals surface area contributed by atoms with E-state index in [-0.39, 0.29) is 17.6 Å². The van der Waals surface area contributed by atoms with Crippen molar-refractivity contribution in [2.24, 2.45) is 0 Å². The first-order chi connectivity index (χ1) is 11.9. The molecule has 0 aromatic carbocycles. The van der Waals surface area contributed by atoms with Crippen molar-refractivity contribution < 1.29 is 22.7 Å². The highest BCUT2D eigenvalue weighted by atomic mass is 19.4. The van der Waals surface area contributed by atoms with E-state index in [4.69, 9.17) is 4.74 Å². The minimum absolute atomic E-state index is 0.137. The molecular formula is C17H16F3N3O2. The smallest absolute Gasteiger partial charge is 0.433 e. The van der Waals surface area contributed by atoms with Crippen LogP contribution in [0.2, 0.25) is 0 Å². The van der Waals surface area contributed by atoms with Gasteiger partial charge in [0.25, 0.3) is 5.91 Å². The van der Waals surface area contributed by atoms with Crippen LogP contribution in [0, 0.1) is 0 Å². The molecule has 1 amide bonds. The van der Waals surface area contributed by atoms with Crippen molar-refractivity contribution in [3.63, 3.8) is 0 Å². The summed E-state index contributed by atoms with van der Waals surface area (Å²) in [6.07, 6.45) is 1.09. The largest absolute Gasteiger partial charge is 0.488 e. The summed E-state index contributed by atoms with van der Waals surface area (Å²) < 4.78 is 43.5. The molecule has 25 heavy (non-hydrogen) atoms. The van der Waals surface area contributed by atoms with E-state index in [1.54, 1.807) is 29.4 Å². The minimum atomic E-state index is -4.52. The molecule has 3 heterocycles. The molecule has 8 heteroatoms. The van der Waals surface area contributed by atoms with Gasteiger partial charge >= 0.3 is 6.18 Å². The number of carbonyl (C=O) groups excluding carboxylic acids is 1. The lowest BCUT2D eigenvalue weighted by atomic mass is 10.1. The van der Waals surface area contributed by atoms with E-state index in [9.17, 15) is 18.0 Å².